The smallest absolute Gasteiger partial charge is 0.314 e. The summed E-state index contributed by atoms with van der Waals surface area (Å²) in [4.78, 5) is 45.5. The molecule has 0 amide bonds. The van der Waals surface area contributed by atoms with Crippen molar-refractivity contribution >= 4 is 29.1 Å². The van der Waals surface area contributed by atoms with Gasteiger partial charge in [0.15, 0.2) is 11.5 Å². The molecule has 0 saturated heterocycles. The van der Waals surface area contributed by atoms with Crippen LogP contribution in [-0.4, -0.2) is 23.4 Å². The molecule has 0 spiro atoms. The molecule has 0 N–H and O–H groups in total. The van der Waals surface area contributed by atoms with E-state index < -0.39 is 5.78 Å². The first-order valence-corrected chi connectivity index (χ1v) is 19.6. The monoisotopic (exact) mass is 675 g/mol. The molecule has 5 aliphatic rings. The van der Waals surface area contributed by atoms with E-state index in [0.717, 1.165) is 80.6 Å². The van der Waals surface area contributed by atoms with Gasteiger partial charge in [-0.2, -0.15) is 0 Å². The van der Waals surface area contributed by atoms with Crippen molar-refractivity contribution in [1.82, 2.24) is 0 Å². The molecule has 2 aromatic rings. The number of hydrogen-bond donors (Lipinski definition) is 0. The number of benzene rings is 2. The molecule has 7 rings (SSSR count). The molecule has 0 unspecified atom stereocenters. The van der Waals surface area contributed by atoms with Gasteiger partial charge in [0.05, 0.1) is 17.4 Å². The maximum atomic E-state index is 13.8. The minimum absolute atomic E-state index is 0.0502. The summed E-state index contributed by atoms with van der Waals surface area (Å²) < 4.78 is 12.0. The second-order valence-corrected chi connectivity index (χ2v) is 16.3. The summed E-state index contributed by atoms with van der Waals surface area (Å²) in [6.45, 7) is 4.71. The minimum atomic E-state index is -0.415. The highest BCUT2D eigenvalue weighted by Gasteiger charge is 2.37. The van der Waals surface area contributed by atoms with E-state index in [9.17, 15) is 14.4 Å². The van der Waals surface area contributed by atoms with E-state index in [-0.39, 0.29) is 52.2 Å². The number of ether oxygens (including phenoxy) is 2. The van der Waals surface area contributed by atoms with Crippen molar-refractivity contribution in [3.05, 3.63) is 53.6 Å². The van der Waals surface area contributed by atoms with Crippen LogP contribution < -0.4 is 9.47 Å². The molecule has 1 aliphatic heterocycles. The lowest BCUT2D eigenvalue weighted by atomic mass is 9.69. The van der Waals surface area contributed by atoms with Gasteiger partial charge in [-0.05, 0) is 143 Å². The summed E-state index contributed by atoms with van der Waals surface area (Å²) in [5, 5.41) is 0. The summed E-state index contributed by atoms with van der Waals surface area (Å²) in [5.74, 6) is 9.62. The van der Waals surface area contributed by atoms with Crippen molar-refractivity contribution in [2.75, 3.05) is 0 Å². The van der Waals surface area contributed by atoms with Crippen molar-refractivity contribution in [3.63, 3.8) is 0 Å². The average Bonchev–Trinajstić information content (AvgIpc) is 3.49. The lowest BCUT2D eigenvalue weighted by molar-refractivity contribution is -0.141. The Morgan fingerprint density at radius 3 is 1.52 bits per heavy atom. The van der Waals surface area contributed by atoms with Gasteiger partial charge in [0, 0.05) is 5.56 Å². The Kier molecular flexibility index (Phi) is 10.9. The van der Waals surface area contributed by atoms with Crippen molar-refractivity contribution in [2.45, 2.75) is 117 Å². The lowest BCUT2D eigenvalue weighted by Crippen LogP contribution is -2.30. The largest absolute Gasteiger partial charge is 0.425 e. The van der Waals surface area contributed by atoms with Gasteiger partial charge in [-0.3, -0.25) is 14.4 Å². The topological polar surface area (TPSA) is 82.0 Å². The second kappa shape index (κ2) is 15.7. The van der Waals surface area contributed by atoms with Crippen LogP contribution >= 0.6 is 0 Å². The predicted molar refractivity (Wildman–Crippen MR) is 196 cm³/mol. The zero-order valence-electron chi connectivity index (χ0n) is 30.0. The average molecular weight is 676 g/mol. The zero-order chi connectivity index (χ0) is 34.6. The van der Waals surface area contributed by atoms with Crippen molar-refractivity contribution in [1.29, 1.82) is 0 Å². The van der Waals surface area contributed by atoms with Crippen LogP contribution in [0.5, 0.6) is 11.5 Å². The standard InChI is InChI=1S/C44H53NO5/c1-28-8-13-31(14-9-28)33-17-21-35(22-18-33)43(47)49-38-26-27-39(41-40(38)42(46)37(45-41)25-12-30-6-4-3-5-7-30)50-44(48)36-23-19-34(20-24-36)32-15-10-29(2)11-16-32/h3-7,26-29,31-36H,8-11,13-24H2,1-2H3. The van der Waals surface area contributed by atoms with Gasteiger partial charge in [0.2, 0.25) is 5.78 Å². The summed E-state index contributed by atoms with van der Waals surface area (Å²) >= 11 is 0. The lowest BCUT2D eigenvalue weighted by Gasteiger charge is -2.36. The zero-order valence-corrected chi connectivity index (χ0v) is 30.0. The molecule has 0 radical (unpaired) electrons. The van der Waals surface area contributed by atoms with E-state index in [1.807, 2.05) is 30.3 Å². The van der Waals surface area contributed by atoms with Crippen LogP contribution in [0.15, 0.2) is 47.5 Å². The van der Waals surface area contributed by atoms with E-state index in [2.05, 4.69) is 30.7 Å². The summed E-state index contributed by atoms with van der Waals surface area (Å²) in [5.41, 5.74) is 1.19. The third-order valence-corrected chi connectivity index (χ3v) is 13.0. The molecule has 0 atom stereocenters. The van der Waals surface area contributed by atoms with Crippen LogP contribution in [0, 0.1) is 59.2 Å². The normalized spacial score (nSPS) is 31.1. The van der Waals surface area contributed by atoms with Gasteiger partial charge in [-0.25, -0.2) is 4.99 Å². The summed E-state index contributed by atoms with van der Waals surface area (Å²) in [6, 6.07) is 12.6. The number of hydrogen-bond acceptors (Lipinski definition) is 6. The van der Waals surface area contributed by atoms with Crippen molar-refractivity contribution < 1.29 is 23.9 Å². The van der Waals surface area contributed by atoms with E-state index in [0.29, 0.717) is 11.8 Å². The number of esters is 2. The highest BCUT2D eigenvalue weighted by Crippen LogP contribution is 2.46. The Morgan fingerprint density at radius 2 is 1.02 bits per heavy atom. The number of rotatable bonds is 6. The van der Waals surface area contributed by atoms with E-state index >= 15 is 0 Å². The third kappa shape index (κ3) is 7.93. The molecule has 0 aromatic heterocycles. The van der Waals surface area contributed by atoms with Crippen LogP contribution in [0.3, 0.4) is 0 Å². The fourth-order valence-corrected chi connectivity index (χ4v) is 9.62. The molecule has 1 heterocycles. The molecule has 0 bridgehead atoms. The number of carbonyl (C=O) groups excluding carboxylic acids is 3. The molecule has 264 valence electrons. The maximum Gasteiger partial charge on any atom is 0.314 e. The molecule has 2 aromatic carbocycles. The van der Waals surface area contributed by atoms with E-state index in [4.69, 9.17) is 9.47 Å². The molecule has 50 heavy (non-hydrogen) atoms. The Balaban J connectivity index is 1.04. The Morgan fingerprint density at radius 1 is 0.580 bits per heavy atom. The number of carbonyl (C=O) groups is 3. The third-order valence-electron chi connectivity index (χ3n) is 13.0. The van der Waals surface area contributed by atoms with Crippen LogP contribution in [0.4, 0.5) is 5.69 Å². The molecule has 6 nitrogen and oxygen atoms in total. The van der Waals surface area contributed by atoms with Gasteiger partial charge in [0.1, 0.15) is 11.4 Å². The molecule has 4 saturated carbocycles. The highest BCUT2D eigenvalue weighted by atomic mass is 16.5. The fraction of sp³-hybridized carbons (Fsp3) is 0.591. The SMILES string of the molecule is CC1CCC(C2CCC(C(=O)Oc3ccc(OC(=O)C4CCC(C5CCC(C)CC5)CC4)c4c3N=C(C#Cc3ccccc3)C4=O)CC2)CC1. The fourth-order valence-electron chi connectivity index (χ4n) is 9.62. The van der Waals surface area contributed by atoms with Crippen LogP contribution in [0.2, 0.25) is 0 Å². The second-order valence-electron chi connectivity index (χ2n) is 16.3. The summed E-state index contributed by atoms with van der Waals surface area (Å²) in [7, 11) is 0. The van der Waals surface area contributed by atoms with Crippen molar-refractivity contribution in [2.24, 2.45) is 52.3 Å². The minimum Gasteiger partial charge on any atom is -0.425 e. The predicted octanol–water partition coefficient (Wildman–Crippen LogP) is 10.1. The first-order chi connectivity index (χ1) is 24.3. The quantitative estimate of drug-likeness (QED) is 0.173. The first kappa shape index (κ1) is 34.7. The van der Waals surface area contributed by atoms with Crippen molar-refractivity contribution in [3.8, 4) is 23.3 Å². The summed E-state index contributed by atoms with van der Waals surface area (Å²) in [6.07, 6.45) is 18.0. The molecule has 4 aliphatic carbocycles. The van der Waals surface area contributed by atoms with E-state index in [1.165, 1.54) is 51.4 Å². The molecule has 6 heteroatoms. The first-order valence-electron chi connectivity index (χ1n) is 19.6. The van der Waals surface area contributed by atoms with E-state index in [1.54, 1.807) is 12.1 Å². The number of fused-ring (bicyclic) bond motifs is 1. The number of Topliss-reactive ketones (excluding diaryl/α,β-unsaturated/α-hetero) is 1. The van der Waals surface area contributed by atoms with Crippen LogP contribution in [0.25, 0.3) is 0 Å². The molecule has 4 fully saturated rings. The Hall–Kier alpha value is -3.72. The van der Waals surface area contributed by atoms with Gasteiger partial charge < -0.3 is 9.47 Å². The highest BCUT2D eigenvalue weighted by molar-refractivity contribution is 6.56. The number of nitrogens with zero attached hydrogens (tertiary/aromatic N) is 1. The Bertz CT molecular complexity index is 1630. The number of aliphatic imine (C=N–C) groups is 1. The molecular formula is C44H53NO5. The van der Waals surface area contributed by atoms with Gasteiger partial charge in [0.25, 0.3) is 0 Å². The van der Waals surface area contributed by atoms with Crippen LogP contribution in [-0.2, 0) is 9.59 Å². The van der Waals surface area contributed by atoms with Crippen LogP contribution in [0.1, 0.15) is 133 Å². The Labute approximate surface area is 298 Å². The maximum absolute atomic E-state index is 13.8. The van der Waals surface area contributed by atoms with Gasteiger partial charge in [-0.1, -0.05) is 63.7 Å². The van der Waals surface area contributed by atoms with Gasteiger partial charge >= 0.3 is 11.9 Å². The van der Waals surface area contributed by atoms with Gasteiger partial charge in [-0.15, -0.1) is 0 Å². The molecular weight excluding hydrogens is 622 g/mol. The number of ketones is 1.